The van der Waals surface area contributed by atoms with E-state index in [1.807, 2.05) is 25.1 Å². The Hall–Kier alpha value is -3.53. The molecule has 0 radical (unpaired) electrons. The summed E-state index contributed by atoms with van der Waals surface area (Å²) in [5, 5.41) is 24.0. The molecule has 3 aromatic heterocycles. The van der Waals surface area contributed by atoms with Gasteiger partial charge in [-0.3, -0.25) is 9.78 Å². The molecule has 10 heteroatoms. The lowest BCUT2D eigenvalue weighted by molar-refractivity contribution is -0.145. The van der Waals surface area contributed by atoms with E-state index in [1.54, 1.807) is 12.3 Å². The van der Waals surface area contributed by atoms with Crippen molar-refractivity contribution in [3.05, 3.63) is 65.6 Å². The molecule has 0 saturated heterocycles. The summed E-state index contributed by atoms with van der Waals surface area (Å²) in [6.45, 7) is 1.86. The fourth-order valence-electron chi connectivity index (χ4n) is 5.52. The highest BCUT2D eigenvalue weighted by atomic mass is 19.4. The van der Waals surface area contributed by atoms with Crippen molar-refractivity contribution >= 4 is 17.6 Å². The first-order valence-corrected chi connectivity index (χ1v) is 12.7. The molecule has 1 unspecified atom stereocenters. The maximum atomic E-state index is 13.1. The maximum Gasteiger partial charge on any atom is 0.416 e. The summed E-state index contributed by atoms with van der Waals surface area (Å²) in [7, 11) is 0. The van der Waals surface area contributed by atoms with Gasteiger partial charge in [-0.05, 0) is 99.2 Å². The van der Waals surface area contributed by atoms with Crippen LogP contribution in [0.25, 0.3) is 11.3 Å². The lowest BCUT2D eigenvalue weighted by Crippen LogP contribution is -2.41. The number of carboxylic acids is 1. The summed E-state index contributed by atoms with van der Waals surface area (Å²) >= 11 is 0. The van der Waals surface area contributed by atoms with Gasteiger partial charge < -0.3 is 15.5 Å². The molecule has 2 saturated carbocycles. The van der Waals surface area contributed by atoms with Gasteiger partial charge in [0.15, 0.2) is 0 Å². The monoisotopic (exact) mass is 526 g/mol. The number of hydrogen-bond donors (Lipinski definition) is 3. The Morgan fingerprint density at radius 3 is 2.21 bits per heavy atom. The second-order valence-electron chi connectivity index (χ2n) is 10.4. The number of halogens is 3. The molecule has 200 valence electrons. The van der Waals surface area contributed by atoms with Gasteiger partial charge >= 0.3 is 12.1 Å². The second kappa shape index (κ2) is 9.98. The standard InChI is InChI=1S/C28H29F3N4O3/c1-16-12-22(34-25(13-16)35-24-14-21(10-11-32-24)28(29,30)31)18-4-9-23(33-15-18)27(38,20-7-8-20)19-5-2-17(3-6-19)26(36)37/h4,9-15,17,19-20,38H,2-3,5-8H2,1H3,(H,36,37)(H,32,34,35). The Balaban J connectivity index is 1.37. The highest BCUT2D eigenvalue weighted by molar-refractivity contribution is 5.70. The summed E-state index contributed by atoms with van der Waals surface area (Å²) in [4.78, 5) is 24.5. The van der Waals surface area contributed by atoms with Gasteiger partial charge in [0.05, 0.1) is 22.9 Å². The molecule has 2 fully saturated rings. The molecule has 2 aliphatic rings. The van der Waals surface area contributed by atoms with Crippen LogP contribution in [0.5, 0.6) is 0 Å². The van der Waals surface area contributed by atoms with E-state index in [1.165, 1.54) is 0 Å². The van der Waals surface area contributed by atoms with Gasteiger partial charge in [-0.25, -0.2) is 9.97 Å². The molecule has 2 aliphatic carbocycles. The van der Waals surface area contributed by atoms with Crippen molar-refractivity contribution in [1.29, 1.82) is 0 Å². The first-order chi connectivity index (χ1) is 18.0. The van der Waals surface area contributed by atoms with Gasteiger partial charge in [0.2, 0.25) is 0 Å². The number of nitrogens with one attached hydrogen (secondary N) is 1. The quantitative estimate of drug-likeness (QED) is 0.341. The summed E-state index contributed by atoms with van der Waals surface area (Å²) in [6, 6.07) is 9.06. The van der Waals surface area contributed by atoms with Gasteiger partial charge in [0.25, 0.3) is 0 Å². The fraction of sp³-hybridized carbons (Fsp3) is 0.429. The van der Waals surface area contributed by atoms with Crippen LogP contribution in [0.2, 0.25) is 0 Å². The molecule has 3 aromatic rings. The van der Waals surface area contributed by atoms with Gasteiger partial charge in [0, 0.05) is 18.0 Å². The number of aliphatic carboxylic acids is 1. The van der Waals surface area contributed by atoms with Gasteiger partial charge in [-0.15, -0.1) is 0 Å². The molecule has 7 nitrogen and oxygen atoms in total. The number of aliphatic hydroxyl groups is 1. The van der Waals surface area contributed by atoms with E-state index in [0.29, 0.717) is 48.5 Å². The van der Waals surface area contributed by atoms with Crippen molar-refractivity contribution in [3.63, 3.8) is 0 Å². The molecule has 0 bridgehead atoms. The molecule has 1 atom stereocenters. The van der Waals surface area contributed by atoms with Crippen LogP contribution in [0.3, 0.4) is 0 Å². The van der Waals surface area contributed by atoms with Gasteiger partial charge in [-0.1, -0.05) is 0 Å². The molecule has 5 rings (SSSR count). The number of pyridine rings is 3. The van der Waals surface area contributed by atoms with Crippen molar-refractivity contribution < 1.29 is 28.2 Å². The predicted molar refractivity (Wildman–Crippen MR) is 134 cm³/mol. The average Bonchev–Trinajstić information content (AvgIpc) is 3.74. The first-order valence-electron chi connectivity index (χ1n) is 12.7. The smallest absolute Gasteiger partial charge is 0.416 e. The van der Waals surface area contributed by atoms with Crippen molar-refractivity contribution in [3.8, 4) is 11.3 Å². The predicted octanol–water partition coefficient (Wildman–Crippen LogP) is 6.10. The topological polar surface area (TPSA) is 108 Å². The van der Waals surface area contributed by atoms with Crippen LogP contribution in [-0.4, -0.2) is 31.1 Å². The largest absolute Gasteiger partial charge is 0.481 e. The maximum absolute atomic E-state index is 13.1. The molecule has 3 N–H and O–H groups in total. The Morgan fingerprint density at radius 2 is 1.63 bits per heavy atom. The Morgan fingerprint density at radius 1 is 0.947 bits per heavy atom. The van der Waals surface area contributed by atoms with Crippen LogP contribution in [-0.2, 0) is 16.6 Å². The van der Waals surface area contributed by atoms with Gasteiger partial charge in [0.1, 0.15) is 17.2 Å². The zero-order valence-electron chi connectivity index (χ0n) is 20.9. The van der Waals surface area contributed by atoms with Crippen LogP contribution in [0.15, 0.2) is 48.8 Å². The van der Waals surface area contributed by atoms with E-state index < -0.39 is 23.3 Å². The minimum atomic E-state index is -4.48. The number of aromatic nitrogens is 3. The van der Waals surface area contributed by atoms with Crippen molar-refractivity contribution in [2.75, 3.05) is 5.32 Å². The molecule has 0 aromatic carbocycles. The number of carbonyl (C=O) groups is 1. The summed E-state index contributed by atoms with van der Waals surface area (Å²) < 4.78 is 39.2. The summed E-state index contributed by atoms with van der Waals surface area (Å²) in [5.41, 5.74) is 0.812. The number of aryl methyl sites for hydroxylation is 1. The van der Waals surface area contributed by atoms with Crippen molar-refractivity contribution in [2.45, 2.75) is 57.2 Å². The Labute approximate surface area is 218 Å². The zero-order chi connectivity index (χ0) is 27.1. The van der Waals surface area contributed by atoms with E-state index in [0.717, 1.165) is 36.7 Å². The van der Waals surface area contributed by atoms with Crippen LogP contribution in [0, 0.1) is 24.7 Å². The van der Waals surface area contributed by atoms with Crippen LogP contribution in [0.1, 0.15) is 55.3 Å². The molecule has 0 amide bonds. The van der Waals surface area contributed by atoms with Crippen LogP contribution < -0.4 is 5.32 Å². The van der Waals surface area contributed by atoms with Crippen molar-refractivity contribution in [1.82, 2.24) is 15.0 Å². The lowest BCUT2D eigenvalue weighted by atomic mass is 9.70. The third-order valence-electron chi connectivity index (χ3n) is 7.68. The third-order valence-corrected chi connectivity index (χ3v) is 7.68. The Kier molecular flexibility index (Phi) is 6.85. The first kappa shape index (κ1) is 26.1. The number of anilines is 2. The molecule has 38 heavy (non-hydrogen) atoms. The van der Waals surface area contributed by atoms with E-state index in [2.05, 4.69) is 20.3 Å². The van der Waals surface area contributed by atoms with E-state index in [-0.39, 0.29) is 23.6 Å². The number of alkyl halides is 3. The second-order valence-corrected chi connectivity index (χ2v) is 10.4. The van der Waals surface area contributed by atoms with Crippen LogP contribution in [0.4, 0.5) is 24.8 Å². The van der Waals surface area contributed by atoms with E-state index in [9.17, 15) is 28.2 Å². The van der Waals surface area contributed by atoms with Gasteiger partial charge in [-0.2, -0.15) is 13.2 Å². The molecular formula is C28H29F3N4O3. The number of hydrogen-bond acceptors (Lipinski definition) is 6. The minimum Gasteiger partial charge on any atom is -0.481 e. The lowest BCUT2D eigenvalue weighted by Gasteiger charge is -2.39. The minimum absolute atomic E-state index is 0.0319. The molecule has 3 heterocycles. The Bertz CT molecular complexity index is 1320. The zero-order valence-corrected chi connectivity index (χ0v) is 20.9. The average molecular weight is 527 g/mol. The highest BCUT2D eigenvalue weighted by Gasteiger charge is 2.52. The van der Waals surface area contributed by atoms with Crippen molar-refractivity contribution in [2.24, 2.45) is 17.8 Å². The molecule has 0 aliphatic heterocycles. The SMILES string of the molecule is Cc1cc(Nc2cc(C(F)(F)F)ccn2)nc(-c2ccc(C(O)(C3CCC(C(=O)O)CC3)C3CC3)nc2)c1. The number of nitrogens with zero attached hydrogens (tertiary/aromatic N) is 3. The normalized spacial score (nSPS) is 21.5. The highest BCUT2D eigenvalue weighted by Crippen LogP contribution is 2.53. The van der Waals surface area contributed by atoms with Crippen LogP contribution >= 0.6 is 0 Å². The third kappa shape index (κ3) is 5.36. The number of rotatable bonds is 7. The fourth-order valence-corrected chi connectivity index (χ4v) is 5.52. The molecular weight excluding hydrogens is 497 g/mol. The summed E-state index contributed by atoms with van der Waals surface area (Å²) in [5.74, 6) is -0.683. The van der Waals surface area contributed by atoms with E-state index >= 15 is 0 Å². The number of carboxylic acid groups (broad SMARTS) is 1. The van der Waals surface area contributed by atoms with E-state index in [4.69, 9.17) is 0 Å². The summed E-state index contributed by atoms with van der Waals surface area (Å²) in [6.07, 6.45) is 2.49. The molecule has 0 spiro atoms.